The molecular formula is C16H22N2O3. The number of rotatable bonds is 5. The molecule has 2 rings (SSSR count). The van der Waals surface area contributed by atoms with Gasteiger partial charge in [0.15, 0.2) is 0 Å². The highest BCUT2D eigenvalue weighted by Crippen LogP contribution is 2.20. The molecule has 2 aromatic heterocycles. The van der Waals surface area contributed by atoms with Crippen LogP contribution in [0.4, 0.5) is 0 Å². The molecule has 0 aliphatic carbocycles. The molecule has 0 spiro atoms. The third-order valence-corrected chi connectivity index (χ3v) is 3.57. The summed E-state index contributed by atoms with van der Waals surface area (Å²) in [7, 11) is 0. The van der Waals surface area contributed by atoms with Gasteiger partial charge in [0.25, 0.3) is 5.91 Å². The zero-order chi connectivity index (χ0) is 15.6. The molecule has 0 saturated heterocycles. The van der Waals surface area contributed by atoms with Crippen LogP contribution in [0.25, 0.3) is 0 Å². The molecule has 0 bridgehead atoms. The van der Waals surface area contributed by atoms with Gasteiger partial charge in [0, 0.05) is 17.4 Å². The number of nitrogens with one attached hydrogen (secondary N) is 1. The van der Waals surface area contributed by atoms with Crippen molar-refractivity contribution >= 4 is 5.91 Å². The summed E-state index contributed by atoms with van der Waals surface area (Å²) in [5, 5.41) is 12.7. The number of carbonyl (C=O) groups is 1. The summed E-state index contributed by atoms with van der Waals surface area (Å²) in [5.41, 5.74) is 2.64. The lowest BCUT2D eigenvalue weighted by atomic mass is 10.2. The maximum Gasteiger partial charge on any atom is 0.253 e. The zero-order valence-electron chi connectivity index (χ0n) is 12.9. The molecule has 1 amide bonds. The second-order valence-electron chi connectivity index (χ2n) is 5.49. The molecule has 2 N–H and O–H groups in total. The lowest BCUT2D eigenvalue weighted by Gasteiger charge is -2.14. The minimum atomic E-state index is -0.836. The van der Waals surface area contributed by atoms with E-state index in [9.17, 15) is 9.90 Å². The Morgan fingerprint density at radius 2 is 2.14 bits per heavy atom. The Kier molecular flexibility index (Phi) is 4.53. The van der Waals surface area contributed by atoms with Crippen LogP contribution in [-0.2, 0) is 0 Å². The standard InChI is InChI=1S/C16H22N2O3/c1-10(2)18-11(3)8-13(12(18)4)16(20)17-9-14(19)15-6-5-7-21-15/h5-8,10,14,19H,9H2,1-4H3,(H,17,20). The van der Waals surface area contributed by atoms with Gasteiger partial charge in [-0.3, -0.25) is 4.79 Å². The highest BCUT2D eigenvalue weighted by atomic mass is 16.4. The minimum absolute atomic E-state index is 0.123. The lowest BCUT2D eigenvalue weighted by molar-refractivity contribution is 0.0900. The van der Waals surface area contributed by atoms with Gasteiger partial charge < -0.3 is 19.4 Å². The van der Waals surface area contributed by atoms with Crippen LogP contribution in [-0.4, -0.2) is 22.1 Å². The molecule has 21 heavy (non-hydrogen) atoms. The van der Waals surface area contributed by atoms with Crippen LogP contribution in [0.2, 0.25) is 0 Å². The fourth-order valence-corrected chi connectivity index (χ4v) is 2.67. The first-order valence-electron chi connectivity index (χ1n) is 7.10. The fourth-order valence-electron chi connectivity index (χ4n) is 2.67. The van der Waals surface area contributed by atoms with Gasteiger partial charge in [-0.15, -0.1) is 0 Å². The van der Waals surface area contributed by atoms with Gasteiger partial charge in [-0.25, -0.2) is 0 Å². The fraction of sp³-hybridized carbons (Fsp3) is 0.438. The number of carbonyl (C=O) groups excluding carboxylic acids is 1. The summed E-state index contributed by atoms with van der Waals surface area (Å²) in [6, 6.07) is 5.57. The molecule has 5 nitrogen and oxygen atoms in total. The second kappa shape index (κ2) is 6.18. The number of amides is 1. The summed E-state index contributed by atoms with van der Waals surface area (Å²) in [5.74, 6) is 0.267. The number of aromatic nitrogens is 1. The van der Waals surface area contributed by atoms with E-state index < -0.39 is 6.10 Å². The van der Waals surface area contributed by atoms with Gasteiger partial charge >= 0.3 is 0 Å². The van der Waals surface area contributed by atoms with Crippen molar-refractivity contribution in [1.29, 1.82) is 0 Å². The molecule has 0 fully saturated rings. The maximum absolute atomic E-state index is 12.3. The van der Waals surface area contributed by atoms with E-state index in [1.54, 1.807) is 12.1 Å². The monoisotopic (exact) mass is 290 g/mol. The van der Waals surface area contributed by atoms with Gasteiger partial charge in [-0.2, -0.15) is 0 Å². The smallest absolute Gasteiger partial charge is 0.253 e. The molecule has 0 aliphatic heterocycles. The van der Waals surface area contributed by atoms with Crippen LogP contribution < -0.4 is 5.32 Å². The predicted octanol–water partition coefficient (Wildman–Crippen LogP) is 2.74. The van der Waals surface area contributed by atoms with Gasteiger partial charge in [0.05, 0.1) is 18.4 Å². The number of hydrogen-bond donors (Lipinski definition) is 2. The molecule has 0 saturated carbocycles. The number of aryl methyl sites for hydroxylation is 1. The van der Waals surface area contributed by atoms with Crippen molar-refractivity contribution in [3.63, 3.8) is 0 Å². The molecule has 5 heteroatoms. The first kappa shape index (κ1) is 15.4. The summed E-state index contributed by atoms with van der Waals surface area (Å²) in [6.07, 6.45) is 0.661. The van der Waals surface area contributed by atoms with Crippen LogP contribution >= 0.6 is 0 Å². The van der Waals surface area contributed by atoms with Crippen LogP contribution in [0.1, 0.15) is 53.5 Å². The lowest BCUT2D eigenvalue weighted by Crippen LogP contribution is -2.28. The molecule has 2 aromatic rings. The van der Waals surface area contributed by atoms with Gasteiger partial charge in [-0.1, -0.05) is 0 Å². The van der Waals surface area contributed by atoms with E-state index in [1.165, 1.54) is 6.26 Å². The predicted molar refractivity (Wildman–Crippen MR) is 80.3 cm³/mol. The molecular weight excluding hydrogens is 268 g/mol. The zero-order valence-corrected chi connectivity index (χ0v) is 12.9. The van der Waals surface area contributed by atoms with Crippen molar-refractivity contribution in [3.8, 4) is 0 Å². The number of furan rings is 1. The quantitative estimate of drug-likeness (QED) is 0.889. The van der Waals surface area contributed by atoms with Crippen molar-refractivity contribution < 1.29 is 14.3 Å². The van der Waals surface area contributed by atoms with Crippen molar-refractivity contribution in [2.75, 3.05) is 6.54 Å². The summed E-state index contributed by atoms with van der Waals surface area (Å²) in [4.78, 5) is 12.3. The van der Waals surface area contributed by atoms with Crippen molar-refractivity contribution in [3.05, 3.63) is 47.2 Å². The normalized spacial score (nSPS) is 12.7. The second-order valence-corrected chi connectivity index (χ2v) is 5.49. The Labute approximate surface area is 124 Å². The number of hydrogen-bond acceptors (Lipinski definition) is 3. The minimum Gasteiger partial charge on any atom is -0.467 e. The van der Waals surface area contributed by atoms with E-state index in [0.29, 0.717) is 17.4 Å². The Balaban J connectivity index is 2.06. The Hall–Kier alpha value is -2.01. The first-order valence-corrected chi connectivity index (χ1v) is 7.10. The molecule has 1 unspecified atom stereocenters. The van der Waals surface area contributed by atoms with Crippen LogP contribution in [0.5, 0.6) is 0 Å². The van der Waals surface area contributed by atoms with Gasteiger partial charge in [0.1, 0.15) is 11.9 Å². The Bertz CT molecular complexity index is 612. The first-order chi connectivity index (χ1) is 9.91. The number of nitrogens with zero attached hydrogens (tertiary/aromatic N) is 1. The summed E-state index contributed by atoms with van der Waals surface area (Å²) in [6.45, 7) is 8.22. The third-order valence-electron chi connectivity index (χ3n) is 3.57. The molecule has 0 aromatic carbocycles. The van der Waals surface area contributed by atoms with Crippen molar-refractivity contribution in [2.24, 2.45) is 0 Å². The number of aliphatic hydroxyl groups excluding tert-OH is 1. The summed E-state index contributed by atoms with van der Waals surface area (Å²) < 4.78 is 7.23. The topological polar surface area (TPSA) is 67.4 Å². The molecule has 114 valence electrons. The van der Waals surface area contributed by atoms with Crippen LogP contribution in [0, 0.1) is 13.8 Å². The van der Waals surface area contributed by atoms with E-state index in [-0.39, 0.29) is 12.5 Å². The Morgan fingerprint density at radius 3 is 2.67 bits per heavy atom. The molecule has 2 heterocycles. The molecule has 1 atom stereocenters. The van der Waals surface area contributed by atoms with E-state index in [4.69, 9.17) is 4.42 Å². The largest absolute Gasteiger partial charge is 0.467 e. The van der Waals surface area contributed by atoms with Crippen molar-refractivity contribution in [1.82, 2.24) is 9.88 Å². The summed E-state index contributed by atoms with van der Waals surface area (Å²) >= 11 is 0. The highest BCUT2D eigenvalue weighted by molar-refractivity contribution is 5.95. The van der Waals surface area contributed by atoms with Gasteiger partial charge in [0.2, 0.25) is 0 Å². The Morgan fingerprint density at radius 1 is 1.43 bits per heavy atom. The average molecular weight is 290 g/mol. The number of aliphatic hydroxyl groups is 1. The van der Waals surface area contributed by atoms with E-state index in [0.717, 1.165) is 11.4 Å². The van der Waals surface area contributed by atoms with E-state index in [2.05, 4.69) is 23.7 Å². The average Bonchev–Trinajstić information content (AvgIpc) is 3.03. The van der Waals surface area contributed by atoms with E-state index in [1.807, 2.05) is 19.9 Å². The molecule has 0 radical (unpaired) electrons. The van der Waals surface area contributed by atoms with Gasteiger partial charge in [-0.05, 0) is 45.9 Å². The van der Waals surface area contributed by atoms with Crippen LogP contribution in [0.15, 0.2) is 28.9 Å². The SMILES string of the molecule is Cc1cc(C(=O)NCC(O)c2ccco2)c(C)n1C(C)C. The third kappa shape index (κ3) is 3.19. The maximum atomic E-state index is 12.3. The van der Waals surface area contributed by atoms with E-state index >= 15 is 0 Å². The highest BCUT2D eigenvalue weighted by Gasteiger charge is 2.18. The van der Waals surface area contributed by atoms with Crippen molar-refractivity contribution in [2.45, 2.75) is 39.8 Å². The molecule has 0 aliphatic rings. The van der Waals surface area contributed by atoms with Crippen LogP contribution in [0.3, 0.4) is 0 Å².